The molecule has 4 aromatic heterocycles. The van der Waals surface area contributed by atoms with E-state index in [-0.39, 0.29) is 0 Å². The third-order valence-corrected chi connectivity index (χ3v) is 7.08. The van der Waals surface area contributed by atoms with Gasteiger partial charge in [-0.1, -0.05) is 18.2 Å². The summed E-state index contributed by atoms with van der Waals surface area (Å²) in [6.07, 6.45) is 7.56. The lowest BCUT2D eigenvalue weighted by atomic mass is 9.97. The van der Waals surface area contributed by atoms with Crippen molar-refractivity contribution < 1.29 is 0 Å². The Labute approximate surface area is 197 Å². The summed E-state index contributed by atoms with van der Waals surface area (Å²) < 4.78 is 4.40. The van der Waals surface area contributed by atoms with E-state index in [1.165, 1.54) is 28.2 Å². The minimum atomic E-state index is 0.363. The molecule has 2 aliphatic rings. The number of fused-ring (bicyclic) bond motifs is 3. The van der Waals surface area contributed by atoms with E-state index in [0.29, 0.717) is 5.92 Å². The Morgan fingerprint density at radius 2 is 1.85 bits per heavy atom. The van der Waals surface area contributed by atoms with E-state index in [4.69, 9.17) is 9.97 Å². The molecule has 0 amide bonds. The minimum Gasteiger partial charge on any atom is -0.355 e. The molecule has 0 atom stereocenters. The van der Waals surface area contributed by atoms with Crippen molar-refractivity contribution in [3.63, 3.8) is 0 Å². The van der Waals surface area contributed by atoms with Crippen molar-refractivity contribution >= 4 is 22.5 Å². The highest BCUT2D eigenvalue weighted by molar-refractivity contribution is 5.76. The fourth-order valence-electron chi connectivity index (χ4n) is 5.40. The molecule has 6 heterocycles. The maximum Gasteiger partial charge on any atom is 0.157 e. The predicted octanol–water partition coefficient (Wildman–Crippen LogP) is 2.81. The molecule has 2 aliphatic heterocycles. The molecule has 8 heteroatoms. The average molecular weight is 451 g/mol. The van der Waals surface area contributed by atoms with Crippen LogP contribution in [0.2, 0.25) is 0 Å². The zero-order valence-electron chi connectivity index (χ0n) is 18.9. The first-order valence-corrected chi connectivity index (χ1v) is 12.0. The molecule has 0 aliphatic carbocycles. The van der Waals surface area contributed by atoms with Crippen LogP contribution in [0.4, 0.5) is 5.82 Å². The summed E-state index contributed by atoms with van der Waals surface area (Å²) in [6, 6.07) is 14.6. The van der Waals surface area contributed by atoms with Gasteiger partial charge in [-0.2, -0.15) is 9.61 Å². The van der Waals surface area contributed by atoms with E-state index in [0.717, 1.165) is 62.6 Å². The number of benzene rings is 1. The lowest BCUT2D eigenvalue weighted by Crippen LogP contribution is -2.47. The number of anilines is 1. The molecule has 0 radical (unpaired) electrons. The lowest BCUT2D eigenvalue weighted by molar-refractivity contribution is 0.475. The van der Waals surface area contributed by atoms with Gasteiger partial charge in [0.15, 0.2) is 5.65 Å². The highest BCUT2D eigenvalue weighted by Crippen LogP contribution is 2.36. The quantitative estimate of drug-likeness (QED) is 0.454. The van der Waals surface area contributed by atoms with E-state index in [2.05, 4.69) is 55.2 Å². The van der Waals surface area contributed by atoms with Gasteiger partial charge in [-0.3, -0.25) is 4.98 Å². The highest BCUT2D eigenvalue weighted by Gasteiger charge is 2.36. The number of rotatable bonds is 4. The van der Waals surface area contributed by atoms with Crippen LogP contribution in [0.1, 0.15) is 28.6 Å². The van der Waals surface area contributed by atoms with Crippen molar-refractivity contribution in [3.05, 3.63) is 83.7 Å². The number of aromatic nitrogens is 6. The Bertz CT molecular complexity index is 1480. The Balaban J connectivity index is 1.25. The maximum absolute atomic E-state index is 5.08. The molecule has 1 N–H and O–H groups in total. The Morgan fingerprint density at radius 1 is 0.941 bits per heavy atom. The maximum atomic E-state index is 5.08. The molecule has 7 rings (SSSR count). The van der Waals surface area contributed by atoms with Crippen LogP contribution in [0, 0.1) is 0 Å². The van der Waals surface area contributed by atoms with Crippen LogP contribution in [0.5, 0.6) is 0 Å². The van der Waals surface area contributed by atoms with E-state index in [1.807, 2.05) is 35.2 Å². The van der Waals surface area contributed by atoms with Gasteiger partial charge in [-0.15, -0.1) is 0 Å². The van der Waals surface area contributed by atoms with Crippen molar-refractivity contribution in [1.29, 1.82) is 0 Å². The van der Waals surface area contributed by atoms with Crippen molar-refractivity contribution in [2.24, 2.45) is 0 Å². The SMILES string of the molecule is c1cncc(Cn2c(C3CN(c4c5c(nc6ccnn46)CCNCC5)C3)nc3ccccc32)c1. The van der Waals surface area contributed by atoms with Gasteiger partial charge in [0.25, 0.3) is 0 Å². The van der Waals surface area contributed by atoms with Gasteiger partial charge in [-0.25, -0.2) is 9.97 Å². The molecule has 1 saturated heterocycles. The smallest absolute Gasteiger partial charge is 0.157 e. The van der Waals surface area contributed by atoms with Gasteiger partial charge in [0.1, 0.15) is 11.6 Å². The van der Waals surface area contributed by atoms with Gasteiger partial charge in [-0.05, 0) is 36.7 Å². The van der Waals surface area contributed by atoms with Gasteiger partial charge in [0.05, 0.1) is 35.4 Å². The first kappa shape index (κ1) is 19.7. The van der Waals surface area contributed by atoms with Crippen molar-refractivity contribution in [2.45, 2.75) is 25.3 Å². The summed E-state index contributed by atoms with van der Waals surface area (Å²) in [5.41, 5.74) is 6.90. The van der Waals surface area contributed by atoms with Gasteiger partial charge in [0, 0.05) is 50.1 Å². The van der Waals surface area contributed by atoms with Crippen molar-refractivity contribution in [2.75, 3.05) is 31.1 Å². The number of nitrogens with zero attached hydrogens (tertiary/aromatic N) is 7. The summed E-state index contributed by atoms with van der Waals surface area (Å²) in [5, 5.41) is 8.15. The topological polar surface area (TPSA) is 76.2 Å². The Kier molecular flexibility index (Phi) is 4.58. The molecule has 0 saturated carbocycles. The average Bonchev–Trinajstić information content (AvgIpc) is 3.36. The lowest BCUT2D eigenvalue weighted by Gasteiger charge is -2.41. The molecule has 1 aromatic carbocycles. The molecule has 8 nitrogen and oxygen atoms in total. The zero-order chi connectivity index (χ0) is 22.5. The number of pyridine rings is 1. The molecule has 0 unspecified atom stereocenters. The molecule has 0 bridgehead atoms. The predicted molar refractivity (Wildman–Crippen MR) is 131 cm³/mol. The van der Waals surface area contributed by atoms with E-state index >= 15 is 0 Å². The van der Waals surface area contributed by atoms with Gasteiger partial charge < -0.3 is 14.8 Å². The molecule has 170 valence electrons. The number of hydrogen-bond acceptors (Lipinski definition) is 6. The third kappa shape index (κ3) is 3.17. The van der Waals surface area contributed by atoms with E-state index in [1.54, 1.807) is 0 Å². The molecule has 5 aromatic rings. The van der Waals surface area contributed by atoms with Crippen molar-refractivity contribution in [1.82, 2.24) is 34.4 Å². The Hall–Kier alpha value is -3.78. The standard InChI is InChI=1S/C26H26N8/c1-2-6-23-22(5-1)31-25(33(23)15-18-4-3-10-28-14-18)19-16-32(17-19)26-20-7-11-27-12-8-21(20)30-24-9-13-29-34(24)26/h1-6,9-10,13-14,19,27H,7-8,11-12,15-17H2. The number of para-hydroxylation sites is 2. The van der Waals surface area contributed by atoms with Crippen LogP contribution in [0.3, 0.4) is 0 Å². The summed E-state index contributed by atoms with van der Waals surface area (Å²) in [4.78, 5) is 16.8. The fourth-order valence-corrected chi connectivity index (χ4v) is 5.40. The zero-order valence-corrected chi connectivity index (χ0v) is 18.9. The van der Waals surface area contributed by atoms with Crippen LogP contribution < -0.4 is 10.2 Å². The van der Waals surface area contributed by atoms with Crippen LogP contribution in [0.25, 0.3) is 16.7 Å². The number of nitrogens with one attached hydrogen (secondary N) is 1. The third-order valence-electron chi connectivity index (χ3n) is 7.08. The molecule has 0 spiro atoms. The molecule has 34 heavy (non-hydrogen) atoms. The monoisotopic (exact) mass is 450 g/mol. The highest BCUT2D eigenvalue weighted by atomic mass is 15.4. The fraction of sp³-hybridized carbons (Fsp3) is 0.308. The summed E-state index contributed by atoms with van der Waals surface area (Å²) >= 11 is 0. The number of imidazole rings is 1. The molecule has 1 fully saturated rings. The minimum absolute atomic E-state index is 0.363. The molecular weight excluding hydrogens is 424 g/mol. The van der Waals surface area contributed by atoms with Crippen LogP contribution in [-0.4, -0.2) is 55.3 Å². The number of hydrogen-bond donors (Lipinski definition) is 1. The van der Waals surface area contributed by atoms with Crippen molar-refractivity contribution in [3.8, 4) is 0 Å². The van der Waals surface area contributed by atoms with E-state index in [9.17, 15) is 0 Å². The van der Waals surface area contributed by atoms with Crippen LogP contribution in [0.15, 0.2) is 61.1 Å². The van der Waals surface area contributed by atoms with E-state index < -0.39 is 0 Å². The summed E-state index contributed by atoms with van der Waals surface area (Å²) in [5.74, 6) is 2.72. The molecular formula is C26H26N8. The summed E-state index contributed by atoms with van der Waals surface area (Å²) in [6.45, 7) is 4.59. The second-order valence-corrected chi connectivity index (χ2v) is 9.22. The first-order chi connectivity index (χ1) is 16.8. The van der Waals surface area contributed by atoms with Gasteiger partial charge in [0.2, 0.25) is 0 Å². The second-order valence-electron chi connectivity index (χ2n) is 9.22. The van der Waals surface area contributed by atoms with Crippen LogP contribution in [-0.2, 0) is 19.4 Å². The normalized spacial score (nSPS) is 16.5. The first-order valence-electron chi connectivity index (χ1n) is 12.0. The summed E-state index contributed by atoms with van der Waals surface area (Å²) in [7, 11) is 0. The van der Waals surface area contributed by atoms with Gasteiger partial charge >= 0.3 is 0 Å². The largest absolute Gasteiger partial charge is 0.355 e. The second kappa shape index (κ2) is 7.92. The van der Waals surface area contributed by atoms with Crippen LogP contribution >= 0.6 is 0 Å². The Morgan fingerprint density at radius 3 is 2.76 bits per heavy atom.